The normalized spacial score (nSPS) is 17.9. The minimum absolute atomic E-state index is 0.262. The molecule has 0 bridgehead atoms. The number of rotatable bonds is 5. The van der Waals surface area contributed by atoms with Gasteiger partial charge in [0, 0.05) is 33.3 Å². The van der Waals surface area contributed by atoms with Crippen molar-refractivity contribution in [1.82, 2.24) is 4.90 Å². The first-order valence-corrected chi connectivity index (χ1v) is 10.1. The van der Waals surface area contributed by atoms with Crippen LogP contribution < -0.4 is 10.1 Å². The maximum atomic E-state index is 5.56. The van der Waals surface area contributed by atoms with Gasteiger partial charge in [0.1, 0.15) is 5.75 Å². The Morgan fingerprint density at radius 3 is 2.75 bits per heavy atom. The van der Waals surface area contributed by atoms with E-state index in [4.69, 9.17) is 4.74 Å². The minimum atomic E-state index is 0.262. The average molecular weight is 435 g/mol. The third-order valence-corrected chi connectivity index (χ3v) is 5.88. The number of allylic oxidation sites excluding steroid dienone is 2. The Bertz CT molecular complexity index is 988. The van der Waals surface area contributed by atoms with Crippen LogP contribution in [0, 0.1) is 0 Å². The molecule has 4 rings (SSSR count). The number of hydrogen-bond donors (Lipinski definition) is 1. The smallest absolute Gasteiger partial charge is 0.122 e. The predicted octanol–water partition coefficient (Wildman–Crippen LogP) is 6.34. The number of halogens is 1. The van der Waals surface area contributed by atoms with Crippen LogP contribution in [0.1, 0.15) is 23.6 Å². The molecule has 1 aliphatic heterocycles. The van der Waals surface area contributed by atoms with Gasteiger partial charge in [-0.1, -0.05) is 41.2 Å². The number of nitrogens with one attached hydrogen (secondary N) is 1. The lowest BCUT2D eigenvalue weighted by Crippen LogP contribution is -2.25. The molecule has 4 heteroatoms. The van der Waals surface area contributed by atoms with Gasteiger partial charge in [0.05, 0.1) is 13.2 Å². The number of methoxy groups -OCH3 is 1. The lowest BCUT2D eigenvalue weighted by Gasteiger charge is -2.34. The van der Waals surface area contributed by atoms with Gasteiger partial charge < -0.3 is 15.0 Å². The summed E-state index contributed by atoms with van der Waals surface area (Å²) in [5, 5.41) is 3.39. The molecule has 142 valence electrons. The Balaban J connectivity index is 1.55. The Morgan fingerprint density at radius 1 is 1.21 bits per heavy atom. The van der Waals surface area contributed by atoms with Gasteiger partial charge in [0.25, 0.3) is 0 Å². The van der Waals surface area contributed by atoms with Gasteiger partial charge in [-0.3, -0.25) is 0 Å². The van der Waals surface area contributed by atoms with Crippen molar-refractivity contribution >= 4 is 21.6 Å². The molecule has 0 aromatic heterocycles. The summed E-state index contributed by atoms with van der Waals surface area (Å²) >= 11 is 3.47. The molecule has 28 heavy (non-hydrogen) atoms. The summed E-state index contributed by atoms with van der Waals surface area (Å²) in [6.07, 6.45) is 8.29. The highest BCUT2D eigenvalue weighted by Gasteiger charge is 2.31. The third kappa shape index (κ3) is 3.40. The van der Waals surface area contributed by atoms with Crippen molar-refractivity contribution in [3.8, 4) is 5.75 Å². The van der Waals surface area contributed by atoms with Gasteiger partial charge in [-0.25, -0.2) is 0 Å². The monoisotopic (exact) mass is 434 g/mol. The zero-order chi connectivity index (χ0) is 19.7. The molecule has 0 radical (unpaired) electrons. The summed E-state index contributed by atoms with van der Waals surface area (Å²) in [5.74, 6) is 0.976. The number of benzene rings is 2. The minimum Gasteiger partial charge on any atom is -0.496 e. The van der Waals surface area contributed by atoms with Crippen LogP contribution in [0.25, 0.3) is 0 Å². The third-order valence-electron chi connectivity index (χ3n) is 5.35. The second kappa shape index (κ2) is 7.72. The fourth-order valence-corrected chi connectivity index (χ4v) is 4.24. The molecule has 1 unspecified atom stereocenters. The molecule has 2 aliphatic rings. The van der Waals surface area contributed by atoms with Crippen LogP contribution >= 0.6 is 15.9 Å². The van der Waals surface area contributed by atoms with E-state index in [1.807, 2.05) is 30.3 Å². The van der Waals surface area contributed by atoms with E-state index in [0.717, 1.165) is 45.7 Å². The summed E-state index contributed by atoms with van der Waals surface area (Å²) in [4.78, 5) is 2.26. The van der Waals surface area contributed by atoms with Crippen LogP contribution in [0.15, 0.2) is 95.4 Å². The molecule has 0 amide bonds. The fraction of sp³-hybridized carbons (Fsp3) is 0.167. The molecule has 0 saturated carbocycles. The van der Waals surface area contributed by atoms with E-state index in [0.29, 0.717) is 0 Å². The van der Waals surface area contributed by atoms with Gasteiger partial charge in [-0.15, -0.1) is 0 Å². The van der Waals surface area contributed by atoms with Crippen molar-refractivity contribution in [2.75, 3.05) is 12.4 Å². The average Bonchev–Trinajstić information content (AvgIpc) is 3.14. The van der Waals surface area contributed by atoms with Crippen molar-refractivity contribution in [1.29, 1.82) is 0 Å². The van der Waals surface area contributed by atoms with E-state index >= 15 is 0 Å². The highest BCUT2D eigenvalue weighted by Crippen LogP contribution is 2.43. The molecular weight excluding hydrogens is 412 g/mol. The van der Waals surface area contributed by atoms with Crippen LogP contribution in [0.4, 0.5) is 5.69 Å². The molecule has 1 aliphatic carbocycles. The Labute approximate surface area is 174 Å². The second-order valence-corrected chi connectivity index (χ2v) is 7.88. The van der Waals surface area contributed by atoms with Gasteiger partial charge in [0.15, 0.2) is 0 Å². The van der Waals surface area contributed by atoms with E-state index in [9.17, 15) is 0 Å². The molecule has 0 spiro atoms. The Kier molecular flexibility index (Phi) is 5.14. The fourth-order valence-electron chi connectivity index (χ4n) is 3.98. The number of fused-ring (bicyclic) bond motifs is 1. The van der Waals surface area contributed by atoms with Crippen molar-refractivity contribution in [3.05, 3.63) is 107 Å². The van der Waals surface area contributed by atoms with E-state index < -0.39 is 0 Å². The molecule has 0 saturated heterocycles. The summed E-state index contributed by atoms with van der Waals surface area (Å²) in [6, 6.07) is 14.6. The van der Waals surface area contributed by atoms with Crippen LogP contribution in [0.3, 0.4) is 0 Å². The highest BCUT2D eigenvalue weighted by molar-refractivity contribution is 9.10. The zero-order valence-electron chi connectivity index (χ0n) is 15.9. The summed E-state index contributed by atoms with van der Waals surface area (Å²) < 4.78 is 6.61. The van der Waals surface area contributed by atoms with Crippen molar-refractivity contribution < 1.29 is 4.74 Å². The molecular formula is C24H23BrN2O. The van der Waals surface area contributed by atoms with Crippen LogP contribution in [-0.2, 0) is 6.42 Å². The van der Waals surface area contributed by atoms with Crippen molar-refractivity contribution in [2.24, 2.45) is 0 Å². The molecule has 0 fully saturated rings. The lowest BCUT2D eigenvalue weighted by molar-refractivity contribution is 0.349. The Morgan fingerprint density at radius 2 is 2.00 bits per heavy atom. The van der Waals surface area contributed by atoms with E-state index in [-0.39, 0.29) is 6.04 Å². The maximum Gasteiger partial charge on any atom is 0.122 e. The van der Waals surface area contributed by atoms with Crippen LogP contribution in [0.2, 0.25) is 0 Å². The van der Waals surface area contributed by atoms with Crippen LogP contribution in [0.5, 0.6) is 5.75 Å². The first-order chi connectivity index (χ1) is 13.6. The zero-order valence-corrected chi connectivity index (χ0v) is 17.5. The van der Waals surface area contributed by atoms with E-state index in [2.05, 4.69) is 69.8 Å². The van der Waals surface area contributed by atoms with Crippen LogP contribution in [-0.4, -0.2) is 12.0 Å². The predicted molar refractivity (Wildman–Crippen MR) is 119 cm³/mol. The Hall–Kier alpha value is -2.72. The number of hydrogen-bond acceptors (Lipinski definition) is 3. The number of anilines is 1. The van der Waals surface area contributed by atoms with Gasteiger partial charge >= 0.3 is 0 Å². The quantitative estimate of drug-likeness (QED) is 0.593. The first-order valence-electron chi connectivity index (χ1n) is 9.32. The van der Waals surface area contributed by atoms with Gasteiger partial charge in [-0.2, -0.15) is 0 Å². The second-order valence-electron chi connectivity index (χ2n) is 6.97. The number of ether oxygens (including phenoxy) is 1. The first kappa shape index (κ1) is 18.6. The molecule has 1 heterocycles. The van der Waals surface area contributed by atoms with Gasteiger partial charge in [-0.05, 0) is 66.5 Å². The summed E-state index contributed by atoms with van der Waals surface area (Å²) in [5.41, 5.74) is 6.43. The molecule has 3 nitrogen and oxygen atoms in total. The number of nitrogens with zero attached hydrogens (tertiary/aromatic N) is 1. The summed E-state index contributed by atoms with van der Waals surface area (Å²) in [7, 11) is 1.74. The standard InChI is InChI=1S/C24H23BrN2O/c1-16(26-19-11-9-18(25)10-12-19)20-7-5-15-27(17(20)2)23-14-13-22-21(23)6-4-8-24(22)28-3/h4-12,15,23,26H,1-2,13-14H2,3H3. The van der Waals surface area contributed by atoms with Gasteiger partial charge in [0.2, 0.25) is 0 Å². The summed E-state index contributed by atoms with van der Waals surface area (Å²) in [6.45, 7) is 8.63. The lowest BCUT2D eigenvalue weighted by atomic mass is 10.0. The molecule has 1 N–H and O–H groups in total. The van der Waals surface area contributed by atoms with Crippen molar-refractivity contribution in [3.63, 3.8) is 0 Å². The maximum absolute atomic E-state index is 5.56. The highest BCUT2D eigenvalue weighted by atomic mass is 79.9. The molecule has 2 aromatic rings. The SMILES string of the molecule is C=C(Nc1ccc(Br)cc1)C1=CC=CN(C2CCc3c(OC)cccc32)C1=C. The molecule has 1 atom stereocenters. The molecule has 2 aromatic carbocycles. The van der Waals surface area contributed by atoms with Crippen molar-refractivity contribution in [2.45, 2.75) is 18.9 Å². The largest absolute Gasteiger partial charge is 0.496 e. The topological polar surface area (TPSA) is 24.5 Å². The van der Waals surface area contributed by atoms with E-state index in [1.165, 1.54) is 11.1 Å². The van der Waals surface area contributed by atoms with E-state index in [1.54, 1.807) is 7.11 Å².